The summed E-state index contributed by atoms with van der Waals surface area (Å²) in [6.07, 6.45) is 9.52. The Kier molecular flexibility index (Phi) is 8.57. The number of anilines is 1. The molecule has 0 saturated carbocycles. The quantitative estimate of drug-likeness (QED) is 0.282. The van der Waals surface area contributed by atoms with Crippen molar-refractivity contribution in [2.45, 2.75) is 19.3 Å². The van der Waals surface area contributed by atoms with Crippen LogP contribution in [0.5, 0.6) is 0 Å². The standard InChI is InChI=1S/C31H33ClN6O2/c1-37(2)15-6-10-29(39)35-23-13-11-22(12-14-23)31(40)38-16-5-7-21(20-38)17-28-34-19-26(32)30(36-28)25-18-33-27-9-4-3-8-24(25)27/h3-4,6,8-14,18-19,21,33H,5,7,15-17,20H2,1-2H3,(H,35,39)/b10-6+/t21-/m0/s1. The van der Waals surface area contributed by atoms with E-state index in [-0.39, 0.29) is 17.7 Å². The van der Waals surface area contributed by atoms with Crippen LogP contribution in [0.3, 0.4) is 0 Å². The Morgan fingerprint density at radius 1 is 1.18 bits per heavy atom. The van der Waals surface area contributed by atoms with Crippen molar-refractivity contribution in [1.82, 2.24) is 24.8 Å². The summed E-state index contributed by atoms with van der Waals surface area (Å²) in [5, 5.41) is 4.41. The molecule has 3 heterocycles. The fraction of sp³-hybridized carbons (Fsp3) is 0.290. The van der Waals surface area contributed by atoms with Crippen molar-refractivity contribution in [2.75, 3.05) is 39.0 Å². The van der Waals surface area contributed by atoms with E-state index in [9.17, 15) is 9.59 Å². The van der Waals surface area contributed by atoms with Gasteiger partial charge in [-0.25, -0.2) is 9.97 Å². The normalized spacial score (nSPS) is 15.7. The minimum Gasteiger partial charge on any atom is -0.360 e. The number of rotatable bonds is 8. The third kappa shape index (κ3) is 6.58. The zero-order valence-electron chi connectivity index (χ0n) is 22.7. The Balaban J connectivity index is 1.22. The van der Waals surface area contributed by atoms with Gasteiger partial charge in [0.1, 0.15) is 5.82 Å². The minimum atomic E-state index is -0.197. The molecule has 0 radical (unpaired) electrons. The van der Waals surface area contributed by atoms with Crippen LogP contribution in [-0.2, 0) is 11.2 Å². The van der Waals surface area contributed by atoms with Crippen molar-refractivity contribution in [3.63, 3.8) is 0 Å². The van der Waals surface area contributed by atoms with Gasteiger partial charge in [-0.05, 0) is 63.2 Å². The molecule has 0 aliphatic carbocycles. The Hall–Kier alpha value is -4.01. The molecule has 5 rings (SSSR count). The highest BCUT2D eigenvalue weighted by Crippen LogP contribution is 2.32. The van der Waals surface area contributed by atoms with Gasteiger partial charge in [-0.1, -0.05) is 35.9 Å². The maximum Gasteiger partial charge on any atom is 0.253 e. The predicted molar refractivity (Wildman–Crippen MR) is 159 cm³/mol. The van der Waals surface area contributed by atoms with Crippen LogP contribution in [-0.4, -0.2) is 70.3 Å². The molecule has 9 heteroatoms. The van der Waals surface area contributed by atoms with Gasteiger partial charge in [0.25, 0.3) is 5.91 Å². The average molecular weight is 557 g/mol. The van der Waals surface area contributed by atoms with Gasteiger partial charge >= 0.3 is 0 Å². The number of aromatic amines is 1. The molecule has 2 N–H and O–H groups in total. The molecule has 1 aliphatic rings. The molecule has 1 aliphatic heterocycles. The number of carbonyl (C=O) groups excluding carboxylic acids is 2. The first-order valence-electron chi connectivity index (χ1n) is 13.5. The lowest BCUT2D eigenvalue weighted by atomic mass is 9.94. The van der Waals surface area contributed by atoms with E-state index in [1.54, 1.807) is 36.5 Å². The summed E-state index contributed by atoms with van der Waals surface area (Å²) >= 11 is 6.52. The minimum absolute atomic E-state index is 0.00929. The van der Waals surface area contributed by atoms with Crippen molar-refractivity contribution in [3.05, 3.63) is 89.5 Å². The monoisotopic (exact) mass is 556 g/mol. The number of fused-ring (bicyclic) bond motifs is 1. The van der Waals surface area contributed by atoms with Gasteiger partial charge in [0.2, 0.25) is 5.91 Å². The molecule has 0 spiro atoms. The van der Waals surface area contributed by atoms with Crippen LogP contribution >= 0.6 is 11.6 Å². The molecule has 1 saturated heterocycles. The molecule has 1 fully saturated rings. The number of nitrogens with zero attached hydrogens (tertiary/aromatic N) is 4. The number of para-hydroxylation sites is 1. The fourth-order valence-electron chi connectivity index (χ4n) is 5.07. The third-order valence-electron chi connectivity index (χ3n) is 7.05. The second-order valence-electron chi connectivity index (χ2n) is 10.4. The Morgan fingerprint density at radius 3 is 2.77 bits per heavy atom. The lowest BCUT2D eigenvalue weighted by Gasteiger charge is -2.32. The molecule has 2 aromatic carbocycles. The second kappa shape index (κ2) is 12.4. The van der Waals surface area contributed by atoms with Crippen molar-refractivity contribution in [1.29, 1.82) is 0 Å². The number of H-pyrrole nitrogens is 1. The zero-order valence-corrected chi connectivity index (χ0v) is 23.5. The molecule has 0 bridgehead atoms. The average Bonchev–Trinajstić information content (AvgIpc) is 3.38. The van der Waals surface area contributed by atoms with E-state index in [1.165, 1.54) is 6.08 Å². The van der Waals surface area contributed by atoms with E-state index in [0.29, 0.717) is 48.0 Å². The molecule has 2 amide bonds. The number of likely N-dealkylation sites (N-methyl/N-ethyl adjacent to an activating group) is 1. The van der Waals surface area contributed by atoms with Crippen LogP contribution in [0.2, 0.25) is 5.02 Å². The van der Waals surface area contributed by atoms with Crippen molar-refractivity contribution in [2.24, 2.45) is 5.92 Å². The van der Waals surface area contributed by atoms with Gasteiger partial charge in [-0.15, -0.1) is 0 Å². The highest BCUT2D eigenvalue weighted by Gasteiger charge is 2.26. The van der Waals surface area contributed by atoms with E-state index in [0.717, 1.165) is 35.1 Å². The first-order chi connectivity index (χ1) is 19.4. The van der Waals surface area contributed by atoms with Crippen LogP contribution in [0.15, 0.2) is 73.1 Å². The fourth-order valence-corrected chi connectivity index (χ4v) is 5.26. The van der Waals surface area contributed by atoms with Crippen molar-refractivity contribution in [3.8, 4) is 11.3 Å². The largest absolute Gasteiger partial charge is 0.360 e. The van der Waals surface area contributed by atoms with E-state index in [1.807, 2.05) is 54.4 Å². The van der Waals surface area contributed by atoms with Gasteiger partial charge < -0.3 is 20.1 Å². The highest BCUT2D eigenvalue weighted by molar-refractivity contribution is 6.33. The number of carbonyl (C=O) groups is 2. The summed E-state index contributed by atoms with van der Waals surface area (Å²) in [6, 6.07) is 15.1. The van der Waals surface area contributed by atoms with Crippen LogP contribution in [0.1, 0.15) is 29.0 Å². The number of likely N-dealkylation sites (tertiary alicyclic amines) is 1. The van der Waals surface area contributed by atoms with Gasteiger partial charge in [-0.2, -0.15) is 0 Å². The molecule has 0 unspecified atom stereocenters. The number of halogens is 1. The van der Waals surface area contributed by atoms with Crippen molar-refractivity contribution >= 4 is 40.0 Å². The van der Waals surface area contributed by atoms with Gasteiger partial charge in [0, 0.05) is 72.2 Å². The number of benzene rings is 2. The summed E-state index contributed by atoms with van der Waals surface area (Å²) in [6.45, 7) is 2.04. The summed E-state index contributed by atoms with van der Waals surface area (Å²) in [7, 11) is 3.88. The Labute approximate surface area is 239 Å². The summed E-state index contributed by atoms with van der Waals surface area (Å²) < 4.78 is 0. The lowest BCUT2D eigenvalue weighted by molar-refractivity contribution is -0.111. The molecule has 1 atom stereocenters. The highest BCUT2D eigenvalue weighted by atomic mass is 35.5. The van der Waals surface area contributed by atoms with Crippen molar-refractivity contribution < 1.29 is 9.59 Å². The Bertz CT molecular complexity index is 1530. The molecule has 4 aromatic rings. The predicted octanol–water partition coefficient (Wildman–Crippen LogP) is 5.43. The Morgan fingerprint density at radius 2 is 1.98 bits per heavy atom. The summed E-state index contributed by atoms with van der Waals surface area (Å²) in [4.78, 5) is 41.9. The lowest BCUT2D eigenvalue weighted by Crippen LogP contribution is -2.40. The number of aromatic nitrogens is 3. The summed E-state index contributed by atoms with van der Waals surface area (Å²) in [5.41, 5.74) is 3.95. The number of hydrogen-bond donors (Lipinski definition) is 2. The molecular formula is C31H33ClN6O2. The van der Waals surface area contributed by atoms with E-state index < -0.39 is 0 Å². The van der Waals surface area contributed by atoms with E-state index in [4.69, 9.17) is 16.6 Å². The van der Waals surface area contributed by atoms with Gasteiger partial charge in [0.15, 0.2) is 0 Å². The third-order valence-corrected chi connectivity index (χ3v) is 7.33. The SMILES string of the molecule is CN(C)C/C=C/C(=O)Nc1ccc(C(=O)N2CCC[C@@H](Cc3ncc(Cl)c(-c4c[nH]c5ccccc45)n3)C2)cc1. The van der Waals surface area contributed by atoms with E-state index in [2.05, 4.69) is 15.3 Å². The molecule has 2 aromatic heterocycles. The molecular weight excluding hydrogens is 524 g/mol. The van der Waals surface area contributed by atoms with Crippen LogP contribution in [0, 0.1) is 5.92 Å². The molecule has 206 valence electrons. The number of nitrogens with one attached hydrogen (secondary N) is 2. The zero-order chi connectivity index (χ0) is 28.1. The van der Waals surface area contributed by atoms with Crippen LogP contribution < -0.4 is 5.32 Å². The maximum absolute atomic E-state index is 13.3. The maximum atomic E-state index is 13.3. The second-order valence-corrected chi connectivity index (χ2v) is 10.8. The first-order valence-corrected chi connectivity index (χ1v) is 13.8. The smallest absolute Gasteiger partial charge is 0.253 e. The van der Waals surface area contributed by atoms with Gasteiger partial charge in [-0.3, -0.25) is 9.59 Å². The van der Waals surface area contributed by atoms with Crippen LogP contribution in [0.4, 0.5) is 5.69 Å². The van der Waals surface area contributed by atoms with E-state index >= 15 is 0 Å². The number of amides is 2. The number of hydrogen-bond acceptors (Lipinski definition) is 5. The number of piperidine rings is 1. The van der Waals surface area contributed by atoms with Crippen LogP contribution in [0.25, 0.3) is 22.2 Å². The first kappa shape index (κ1) is 27.6. The topological polar surface area (TPSA) is 94.2 Å². The molecule has 40 heavy (non-hydrogen) atoms. The summed E-state index contributed by atoms with van der Waals surface area (Å²) in [5.74, 6) is 0.771. The van der Waals surface area contributed by atoms with Gasteiger partial charge in [0.05, 0.1) is 10.7 Å². The molecule has 8 nitrogen and oxygen atoms in total.